The molecular weight excluding hydrogens is 277 g/mol. The van der Waals surface area contributed by atoms with Crippen molar-refractivity contribution < 1.29 is 22.7 Å². The third kappa shape index (κ3) is 13.6. The first kappa shape index (κ1) is 18.4. The molecule has 0 rings (SSSR count). The largest absolute Gasteiger partial charge is 0.448 e. The van der Waals surface area contributed by atoms with Crippen LogP contribution >= 0.6 is 12.6 Å². The van der Waals surface area contributed by atoms with Crippen LogP contribution in [0.25, 0.3) is 0 Å². The third-order valence-corrected chi connectivity index (χ3v) is 2.94. The van der Waals surface area contributed by atoms with Gasteiger partial charge in [0.25, 0.3) is 0 Å². The van der Waals surface area contributed by atoms with Gasteiger partial charge >= 0.3 is 12.1 Å². The zero-order valence-corrected chi connectivity index (χ0v) is 11.8. The van der Waals surface area contributed by atoms with Crippen LogP contribution in [0.1, 0.15) is 51.4 Å². The molecule has 0 spiro atoms. The fourth-order valence-electron chi connectivity index (χ4n) is 1.59. The highest BCUT2D eigenvalue weighted by atomic mass is 32.1. The zero-order chi connectivity index (χ0) is 14.7. The molecule has 0 aliphatic heterocycles. The normalized spacial score (nSPS) is 13.1. The van der Waals surface area contributed by atoms with Crippen molar-refractivity contribution in [3.63, 3.8) is 0 Å². The first-order chi connectivity index (χ1) is 8.85. The number of thiol groups is 1. The highest BCUT2D eigenvalue weighted by molar-refractivity contribution is 7.80. The molecule has 0 saturated heterocycles. The van der Waals surface area contributed by atoms with Gasteiger partial charge in [-0.25, -0.2) is 4.79 Å². The van der Waals surface area contributed by atoms with E-state index >= 15 is 0 Å². The minimum Gasteiger partial charge on any atom is -0.448 e. The Balaban J connectivity index is 3.31. The number of unbranched alkanes of at least 4 members (excludes halogenated alkanes) is 5. The van der Waals surface area contributed by atoms with Gasteiger partial charge in [0.2, 0.25) is 0 Å². The van der Waals surface area contributed by atoms with Crippen molar-refractivity contribution in [1.82, 2.24) is 0 Å². The van der Waals surface area contributed by atoms with Crippen molar-refractivity contribution in [2.24, 2.45) is 0 Å². The van der Waals surface area contributed by atoms with Crippen LogP contribution in [0, 0.1) is 0 Å². The van der Waals surface area contributed by atoms with E-state index in [1.165, 1.54) is 0 Å². The molecule has 6 heteroatoms. The molecule has 0 fully saturated rings. The van der Waals surface area contributed by atoms with E-state index in [9.17, 15) is 18.0 Å². The Morgan fingerprint density at radius 1 is 1.16 bits per heavy atom. The molecule has 0 N–H and O–H groups in total. The summed E-state index contributed by atoms with van der Waals surface area (Å²) in [5, 5.41) is 0. The number of rotatable bonds is 10. The van der Waals surface area contributed by atoms with E-state index in [1.807, 2.05) is 0 Å². The summed E-state index contributed by atoms with van der Waals surface area (Å²) in [6, 6.07) is 0. The Labute approximate surface area is 117 Å². The number of alkyl halides is 3. The van der Waals surface area contributed by atoms with Crippen molar-refractivity contribution >= 4 is 18.6 Å². The Morgan fingerprint density at radius 2 is 1.68 bits per heavy atom. The molecule has 112 valence electrons. The molecule has 0 aromatic heterocycles. The minimum absolute atomic E-state index is 0.204. The molecule has 1 unspecified atom stereocenters. The van der Waals surface area contributed by atoms with Crippen LogP contribution in [0.5, 0.6) is 0 Å². The van der Waals surface area contributed by atoms with E-state index in [-0.39, 0.29) is 6.42 Å². The van der Waals surface area contributed by atoms with Gasteiger partial charge in [-0.3, -0.25) is 0 Å². The quantitative estimate of drug-likeness (QED) is 0.209. The maximum atomic E-state index is 11.9. The van der Waals surface area contributed by atoms with Crippen LogP contribution in [-0.2, 0) is 9.53 Å². The van der Waals surface area contributed by atoms with E-state index in [4.69, 9.17) is 4.74 Å². The number of halogens is 3. The highest BCUT2D eigenvalue weighted by Crippen LogP contribution is 2.23. The second-order valence-electron chi connectivity index (χ2n) is 4.37. The first-order valence-corrected chi connectivity index (χ1v) is 6.94. The van der Waals surface area contributed by atoms with Gasteiger partial charge in [0, 0.05) is 12.5 Å². The molecule has 1 atom stereocenters. The van der Waals surface area contributed by atoms with Crippen molar-refractivity contribution in [3.8, 4) is 0 Å². The Hall–Kier alpha value is -0.650. The molecule has 2 nitrogen and oxygen atoms in total. The summed E-state index contributed by atoms with van der Waals surface area (Å²) in [5.41, 5.74) is -0.435. The molecule has 0 aliphatic rings. The monoisotopic (exact) mass is 298 g/mol. The van der Waals surface area contributed by atoms with E-state index in [0.717, 1.165) is 31.8 Å². The van der Waals surface area contributed by atoms with Gasteiger partial charge in [0.05, 0.1) is 0 Å². The smallest absolute Gasteiger partial charge is 0.389 e. The van der Waals surface area contributed by atoms with Crippen LogP contribution in [0.3, 0.4) is 0 Å². The first-order valence-electron chi connectivity index (χ1n) is 6.43. The van der Waals surface area contributed by atoms with Gasteiger partial charge in [0.1, 0.15) is 5.44 Å². The van der Waals surface area contributed by atoms with Gasteiger partial charge in [-0.15, -0.1) is 12.6 Å². The minimum atomic E-state index is -4.03. The molecule has 0 heterocycles. The van der Waals surface area contributed by atoms with E-state index in [1.54, 1.807) is 0 Å². The van der Waals surface area contributed by atoms with E-state index < -0.39 is 24.0 Å². The molecular formula is C13H21F3O2S. The van der Waals surface area contributed by atoms with Crippen molar-refractivity contribution in [2.45, 2.75) is 63.0 Å². The van der Waals surface area contributed by atoms with Crippen LogP contribution < -0.4 is 0 Å². The van der Waals surface area contributed by atoms with Gasteiger partial charge in [-0.1, -0.05) is 32.3 Å². The lowest BCUT2D eigenvalue weighted by Crippen LogP contribution is -2.10. The Kier molecular flexibility index (Phi) is 9.83. The highest BCUT2D eigenvalue weighted by Gasteiger charge is 2.25. The second kappa shape index (κ2) is 10.2. The average molecular weight is 298 g/mol. The van der Waals surface area contributed by atoms with Crippen molar-refractivity contribution in [2.75, 3.05) is 0 Å². The van der Waals surface area contributed by atoms with Crippen LogP contribution in [0.4, 0.5) is 13.2 Å². The fraction of sp³-hybridized carbons (Fsp3) is 0.769. The summed E-state index contributed by atoms with van der Waals surface area (Å²) in [6.45, 7) is 3.28. The number of carbonyl (C=O) groups is 1. The number of esters is 1. The van der Waals surface area contributed by atoms with Crippen LogP contribution in [0.15, 0.2) is 12.7 Å². The molecule has 0 aromatic rings. The average Bonchev–Trinajstić information content (AvgIpc) is 2.31. The summed E-state index contributed by atoms with van der Waals surface area (Å²) < 4.78 is 40.4. The molecule has 0 aromatic carbocycles. The summed E-state index contributed by atoms with van der Waals surface area (Å²) in [4.78, 5) is 10.8. The Morgan fingerprint density at radius 3 is 2.21 bits per heavy atom. The van der Waals surface area contributed by atoms with Gasteiger partial charge in [0.15, 0.2) is 0 Å². The van der Waals surface area contributed by atoms with Crippen LogP contribution in [0.2, 0.25) is 0 Å². The van der Waals surface area contributed by atoms with E-state index in [0.29, 0.717) is 12.8 Å². The molecule has 19 heavy (non-hydrogen) atoms. The standard InChI is InChI=1S/C13H21F3O2S/c1-2-11(17)18-12(19)9-7-5-3-4-6-8-10-13(14,15)16/h2,12,19H,1,3-10H2. The van der Waals surface area contributed by atoms with Crippen molar-refractivity contribution in [3.05, 3.63) is 12.7 Å². The number of ether oxygens (including phenoxy) is 1. The molecule has 0 amide bonds. The lowest BCUT2D eigenvalue weighted by atomic mass is 10.1. The number of carbonyl (C=O) groups excluding carboxylic acids is 1. The zero-order valence-electron chi connectivity index (χ0n) is 10.9. The predicted octanol–water partition coefficient (Wildman–Crippen LogP) is 4.65. The second-order valence-corrected chi connectivity index (χ2v) is 4.95. The third-order valence-electron chi connectivity index (χ3n) is 2.58. The molecule has 0 radical (unpaired) electrons. The summed E-state index contributed by atoms with van der Waals surface area (Å²) in [7, 11) is 0. The van der Waals surface area contributed by atoms with E-state index in [2.05, 4.69) is 19.2 Å². The lowest BCUT2D eigenvalue weighted by Gasteiger charge is -2.10. The molecule has 0 bridgehead atoms. The number of hydrogen-bond acceptors (Lipinski definition) is 3. The summed E-state index contributed by atoms with van der Waals surface area (Å²) >= 11 is 4.10. The summed E-state index contributed by atoms with van der Waals surface area (Å²) in [5.74, 6) is -0.493. The number of hydrogen-bond donors (Lipinski definition) is 1. The lowest BCUT2D eigenvalue weighted by molar-refractivity contribution is -0.139. The van der Waals surface area contributed by atoms with Crippen LogP contribution in [-0.4, -0.2) is 17.6 Å². The summed E-state index contributed by atoms with van der Waals surface area (Å²) in [6.07, 6.45) is 1.28. The SMILES string of the molecule is C=CC(=O)OC(S)CCCCCCCCC(F)(F)F. The molecule has 0 saturated carbocycles. The van der Waals surface area contributed by atoms with Gasteiger partial charge in [-0.05, 0) is 19.3 Å². The van der Waals surface area contributed by atoms with Crippen molar-refractivity contribution in [1.29, 1.82) is 0 Å². The fourth-order valence-corrected chi connectivity index (χ4v) is 1.88. The Bertz CT molecular complexity index is 267. The predicted molar refractivity (Wildman–Crippen MR) is 72.1 cm³/mol. The maximum absolute atomic E-state index is 11.9. The van der Waals surface area contributed by atoms with Gasteiger partial charge < -0.3 is 4.74 Å². The topological polar surface area (TPSA) is 26.3 Å². The maximum Gasteiger partial charge on any atom is 0.389 e. The molecule has 0 aliphatic carbocycles. The van der Waals surface area contributed by atoms with Gasteiger partial charge in [-0.2, -0.15) is 13.2 Å².